The van der Waals surface area contributed by atoms with Crippen molar-refractivity contribution in [3.8, 4) is 0 Å². The van der Waals surface area contributed by atoms with Gasteiger partial charge in [-0.3, -0.25) is 4.79 Å². The Kier molecular flexibility index (Phi) is 2.89. The van der Waals surface area contributed by atoms with Crippen molar-refractivity contribution in [2.75, 3.05) is 7.05 Å². The second kappa shape index (κ2) is 3.78. The van der Waals surface area contributed by atoms with E-state index in [2.05, 4.69) is 5.32 Å². The first-order valence-corrected chi connectivity index (χ1v) is 4.46. The molecule has 1 aromatic rings. The summed E-state index contributed by atoms with van der Waals surface area (Å²) in [7, 11) is 1.59. The van der Waals surface area contributed by atoms with Crippen molar-refractivity contribution in [3.05, 3.63) is 35.6 Å². The highest BCUT2D eigenvalue weighted by molar-refractivity contribution is 5.86. The molecule has 76 valence electrons. The lowest BCUT2D eigenvalue weighted by molar-refractivity contribution is -0.125. The molecule has 0 heterocycles. The van der Waals surface area contributed by atoms with Crippen LogP contribution >= 0.6 is 0 Å². The number of carbonyl (C=O) groups excluding carboxylic acids is 1. The maximum Gasteiger partial charge on any atom is 0.229 e. The molecule has 0 radical (unpaired) electrons. The number of amides is 1. The maximum absolute atomic E-state index is 12.7. The van der Waals surface area contributed by atoms with Crippen LogP contribution in [0.25, 0.3) is 0 Å². The fourth-order valence-electron chi connectivity index (χ4n) is 1.31. The van der Waals surface area contributed by atoms with E-state index in [-0.39, 0.29) is 11.7 Å². The van der Waals surface area contributed by atoms with Gasteiger partial charge in [0.05, 0.1) is 5.41 Å². The molecule has 1 rings (SSSR count). The summed E-state index contributed by atoms with van der Waals surface area (Å²) in [5, 5.41) is 2.59. The van der Waals surface area contributed by atoms with E-state index in [0.717, 1.165) is 5.56 Å². The van der Waals surface area contributed by atoms with Gasteiger partial charge in [-0.15, -0.1) is 0 Å². The van der Waals surface area contributed by atoms with Crippen LogP contribution in [0.15, 0.2) is 24.3 Å². The molecule has 1 N–H and O–H groups in total. The molecule has 2 nitrogen and oxygen atoms in total. The lowest BCUT2D eigenvalue weighted by Crippen LogP contribution is -2.37. The monoisotopic (exact) mass is 195 g/mol. The van der Waals surface area contributed by atoms with Crippen molar-refractivity contribution in [3.63, 3.8) is 0 Å². The summed E-state index contributed by atoms with van der Waals surface area (Å²) >= 11 is 0. The topological polar surface area (TPSA) is 29.1 Å². The number of hydrogen-bond acceptors (Lipinski definition) is 1. The van der Waals surface area contributed by atoms with E-state index in [1.54, 1.807) is 33.0 Å². The predicted molar refractivity (Wildman–Crippen MR) is 53.5 cm³/mol. The third-order valence-electron chi connectivity index (χ3n) is 2.36. The average molecular weight is 195 g/mol. The quantitative estimate of drug-likeness (QED) is 0.766. The van der Waals surface area contributed by atoms with Gasteiger partial charge in [-0.25, -0.2) is 4.39 Å². The Morgan fingerprint density at radius 2 is 1.79 bits per heavy atom. The summed E-state index contributed by atoms with van der Waals surface area (Å²) in [5.74, 6) is -0.370. The first-order valence-electron chi connectivity index (χ1n) is 4.46. The Balaban J connectivity index is 3.03. The normalized spacial score (nSPS) is 11.1. The van der Waals surface area contributed by atoms with Crippen LogP contribution < -0.4 is 5.32 Å². The summed E-state index contributed by atoms with van der Waals surface area (Å²) in [6.45, 7) is 3.61. The number of benzene rings is 1. The number of rotatable bonds is 2. The summed E-state index contributed by atoms with van der Waals surface area (Å²) in [6, 6.07) is 5.98. The second-order valence-electron chi connectivity index (χ2n) is 3.71. The molecule has 0 aliphatic rings. The third-order valence-corrected chi connectivity index (χ3v) is 2.36. The molecule has 14 heavy (non-hydrogen) atoms. The van der Waals surface area contributed by atoms with Crippen molar-refractivity contribution < 1.29 is 9.18 Å². The number of carbonyl (C=O) groups is 1. The zero-order valence-corrected chi connectivity index (χ0v) is 8.60. The molecular formula is C11H14FNO. The summed E-state index contributed by atoms with van der Waals surface area (Å²) in [4.78, 5) is 11.5. The fraction of sp³-hybridized carbons (Fsp3) is 0.364. The largest absolute Gasteiger partial charge is 0.358 e. The molecule has 0 saturated carbocycles. The minimum atomic E-state index is -0.623. The maximum atomic E-state index is 12.7. The van der Waals surface area contributed by atoms with Crippen LogP contribution in [0.3, 0.4) is 0 Å². The van der Waals surface area contributed by atoms with E-state index in [1.165, 1.54) is 12.1 Å². The SMILES string of the molecule is CNC(=O)C(C)(C)c1ccc(F)cc1. The molecular weight excluding hydrogens is 181 g/mol. The number of likely N-dealkylation sites (N-methyl/N-ethyl adjacent to an activating group) is 1. The smallest absolute Gasteiger partial charge is 0.229 e. The van der Waals surface area contributed by atoms with Gasteiger partial charge in [0.2, 0.25) is 5.91 Å². The third kappa shape index (κ3) is 1.92. The molecule has 0 fully saturated rings. The van der Waals surface area contributed by atoms with Gasteiger partial charge >= 0.3 is 0 Å². The highest BCUT2D eigenvalue weighted by atomic mass is 19.1. The second-order valence-corrected chi connectivity index (χ2v) is 3.71. The van der Waals surface area contributed by atoms with Crippen molar-refractivity contribution in [1.29, 1.82) is 0 Å². The molecule has 0 aliphatic heterocycles. The van der Waals surface area contributed by atoms with Gasteiger partial charge in [0.15, 0.2) is 0 Å². The van der Waals surface area contributed by atoms with Gasteiger partial charge < -0.3 is 5.32 Å². The molecule has 0 saturated heterocycles. The van der Waals surface area contributed by atoms with Gasteiger partial charge in [-0.2, -0.15) is 0 Å². The Morgan fingerprint density at radius 1 is 1.29 bits per heavy atom. The molecule has 0 bridgehead atoms. The summed E-state index contributed by atoms with van der Waals surface area (Å²) in [6.07, 6.45) is 0. The van der Waals surface area contributed by atoms with Crippen LogP contribution in [-0.4, -0.2) is 13.0 Å². The first kappa shape index (κ1) is 10.7. The lowest BCUT2D eigenvalue weighted by Gasteiger charge is -2.22. The molecule has 0 atom stereocenters. The Hall–Kier alpha value is -1.38. The van der Waals surface area contributed by atoms with Crippen molar-refractivity contribution in [2.45, 2.75) is 19.3 Å². The Bertz CT molecular complexity index is 330. The van der Waals surface area contributed by atoms with E-state index in [4.69, 9.17) is 0 Å². The zero-order valence-electron chi connectivity index (χ0n) is 8.60. The number of nitrogens with one attached hydrogen (secondary N) is 1. The first-order chi connectivity index (χ1) is 6.48. The molecule has 1 aromatic carbocycles. The van der Waals surface area contributed by atoms with E-state index < -0.39 is 5.41 Å². The van der Waals surface area contributed by atoms with E-state index in [0.29, 0.717) is 0 Å². The number of halogens is 1. The van der Waals surface area contributed by atoms with Crippen LogP contribution in [-0.2, 0) is 10.2 Å². The molecule has 0 unspecified atom stereocenters. The van der Waals surface area contributed by atoms with Gasteiger partial charge in [0.1, 0.15) is 5.82 Å². The standard InChI is InChI=1S/C11H14FNO/c1-11(2,10(14)13-3)8-4-6-9(12)7-5-8/h4-7H,1-3H3,(H,13,14). The minimum absolute atomic E-state index is 0.0795. The lowest BCUT2D eigenvalue weighted by atomic mass is 9.84. The zero-order chi connectivity index (χ0) is 10.8. The van der Waals surface area contributed by atoms with Crippen LogP contribution in [0, 0.1) is 5.82 Å². The molecule has 0 aromatic heterocycles. The fourth-order valence-corrected chi connectivity index (χ4v) is 1.31. The molecule has 0 spiro atoms. The van der Waals surface area contributed by atoms with Gasteiger partial charge in [0, 0.05) is 7.05 Å². The highest BCUT2D eigenvalue weighted by Crippen LogP contribution is 2.23. The van der Waals surface area contributed by atoms with E-state index in [9.17, 15) is 9.18 Å². The van der Waals surface area contributed by atoms with Crippen LogP contribution in [0.2, 0.25) is 0 Å². The van der Waals surface area contributed by atoms with Gasteiger partial charge in [-0.1, -0.05) is 12.1 Å². The van der Waals surface area contributed by atoms with Gasteiger partial charge in [0.25, 0.3) is 0 Å². The van der Waals surface area contributed by atoms with Crippen molar-refractivity contribution in [2.24, 2.45) is 0 Å². The summed E-state index contributed by atoms with van der Waals surface area (Å²) < 4.78 is 12.7. The van der Waals surface area contributed by atoms with Crippen LogP contribution in [0.4, 0.5) is 4.39 Å². The van der Waals surface area contributed by atoms with Crippen LogP contribution in [0.5, 0.6) is 0 Å². The van der Waals surface area contributed by atoms with Crippen molar-refractivity contribution in [1.82, 2.24) is 5.32 Å². The average Bonchev–Trinajstić information content (AvgIpc) is 2.17. The molecule has 0 aliphatic carbocycles. The summed E-state index contributed by atoms with van der Waals surface area (Å²) in [5.41, 5.74) is 0.181. The van der Waals surface area contributed by atoms with E-state index >= 15 is 0 Å². The molecule has 3 heteroatoms. The minimum Gasteiger partial charge on any atom is -0.358 e. The van der Waals surface area contributed by atoms with Crippen LogP contribution in [0.1, 0.15) is 19.4 Å². The highest BCUT2D eigenvalue weighted by Gasteiger charge is 2.28. The Morgan fingerprint density at radius 3 is 2.21 bits per heavy atom. The Labute approximate surface area is 83.1 Å². The van der Waals surface area contributed by atoms with Crippen molar-refractivity contribution >= 4 is 5.91 Å². The molecule has 1 amide bonds. The van der Waals surface area contributed by atoms with E-state index in [1.807, 2.05) is 0 Å². The van der Waals surface area contributed by atoms with Gasteiger partial charge in [-0.05, 0) is 31.5 Å². The predicted octanol–water partition coefficient (Wildman–Crippen LogP) is 1.85. The number of hydrogen-bond donors (Lipinski definition) is 1.